The van der Waals surface area contributed by atoms with Crippen molar-refractivity contribution in [1.82, 2.24) is 0 Å². The Kier molecular flexibility index (Phi) is 3.39. The fourth-order valence-electron chi connectivity index (χ4n) is 1.08. The molecule has 0 spiro atoms. The van der Waals surface area contributed by atoms with Crippen molar-refractivity contribution < 1.29 is 9.15 Å². The molecule has 2 nitrogen and oxygen atoms in total. The Morgan fingerprint density at radius 1 is 1.43 bits per heavy atom. The molecule has 0 radical (unpaired) electrons. The van der Waals surface area contributed by atoms with Gasteiger partial charge in [0.25, 0.3) is 0 Å². The summed E-state index contributed by atoms with van der Waals surface area (Å²) in [6.07, 6.45) is 1.65. The molecule has 0 unspecified atom stereocenters. The van der Waals surface area contributed by atoms with Gasteiger partial charge in [-0.3, -0.25) is 0 Å². The maximum absolute atomic E-state index is 5.47. The van der Waals surface area contributed by atoms with Crippen LogP contribution in [0, 0.1) is 0 Å². The molecular weight excluding hydrogens is 264 g/mol. The number of furan rings is 1. The van der Waals surface area contributed by atoms with Crippen LogP contribution < -0.4 is 0 Å². The molecule has 0 aliphatic carbocycles. The van der Waals surface area contributed by atoms with E-state index in [1.54, 1.807) is 17.6 Å². The Balaban J connectivity index is 1.78. The van der Waals surface area contributed by atoms with Gasteiger partial charge in [0.15, 0.2) is 0 Å². The van der Waals surface area contributed by atoms with Crippen molar-refractivity contribution in [2.45, 2.75) is 13.2 Å². The number of hydrogen-bond acceptors (Lipinski definition) is 3. The molecule has 14 heavy (non-hydrogen) atoms. The van der Waals surface area contributed by atoms with Gasteiger partial charge in [-0.1, -0.05) is 0 Å². The van der Waals surface area contributed by atoms with Crippen molar-refractivity contribution in [2.75, 3.05) is 0 Å². The summed E-state index contributed by atoms with van der Waals surface area (Å²) in [5, 5.41) is 2.05. The lowest BCUT2D eigenvalue weighted by molar-refractivity contribution is 0.0948. The Hall–Kier alpha value is -0.580. The van der Waals surface area contributed by atoms with Gasteiger partial charge in [0.2, 0.25) is 0 Å². The lowest BCUT2D eigenvalue weighted by Gasteiger charge is -1.98. The monoisotopic (exact) mass is 272 g/mol. The topological polar surface area (TPSA) is 22.4 Å². The standard InChI is InChI=1S/C10H9BrO2S/c11-8-4-10(14-7-8)6-12-5-9-2-1-3-13-9/h1-4,7H,5-6H2. The van der Waals surface area contributed by atoms with Crippen LogP contribution in [0.25, 0.3) is 0 Å². The molecule has 0 atom stereocenters. The van der Waals surface area contributed by atoms with E-state index in [0.29, 0.717) is 13.2 Å². The second-order valence-electron chi connectivity index (χ2n) is 2.80. The molecule has 74 valence electrons. The van der Waals surface area contributed by atoms with Gasteiger partial charge in [0.05, 0.1) is 12.9 Å². The molecule has 0 amide bonds. The number of hydrogen-bond donors (Lipinski definition) is 0. The Labute approximate surface area is 94.6 Å². The molecule has 2 heterocycles. The minimum Gasteiger partial charge on any atom is -0.467 e. The Morgan fingerprint density at radius 2 is 2.36 bits per heavy atom. The molecular formula is C10H9BrO2S. The maximum atomic E-state index is 5.47. The number of ether oxygens (including phenoxy) is 1. The summed E-state index contributed by atoms with van der Waals surface area (Å²) in [4.78, 5) is 1.21. The molecule has 0 saturated heterocycles. The van der Waals surface area contributed by atoms with Gasteiger partial charge >= 0.3 is 0 Å². The molecule has 4 heteroatoms. The van der Waals surface area contributed by atoms with Crippen LogP contribution in [-0.2, 0) is 18.0 Å². The molecule has 0 aromatic carbocycles. The van der Waals surface area contributed by atoms with E-state index in [-0.39, 0.29) is 0 Å². The first-order chi connectivity index (χ1) is 6.84. The van der Waals surface area contributed by atoms with Crippen LogP contribution in [-0.4, -0.2) is 0 Å². The average Bonchev–Trinajstić information content (AvgIpc) is 2.77. The summed E-state index contributed by atoms with van der Waals surface area (Å²) >= 11 is 5.08. The van der Waals surface area contributed by atoms with E-state index in [9.17, 15) is 0 Å². The van der Waals surface area contributed by atoms with Gasteiger partial charge in [-0.25, -0.2) is 0 Å². The van der Waals surface area contributed by atoms with Gasteiger partial charge < -0.3 is 9.15 Å². The summed E-state index contributed by atoms with van der Waals surface area (Å²) < 4.78 is 11.7. The lowest BCUT2D eigenvalue weighted by Crippen LogP contribution is -1.90. The molecule has 0 N–H and O–H groups in total. The van der Waals surface area contributed by atoms with Crippen LogP contribution in [0.5, 0.6) is 0 Å². The molecule has 2 rings (SSSR count). The summed E-state index contributed by atoms with van der Waals surface area (Å²) in [6.45, 7) is 1.17. The zero-order chi connectivity index (χ0) is 9.80. The highest BCUT2D eigenvalue weighted by Gasteiger charge is 1.99. The second-order valence-corrected chi connectivity index (χ2v) is 4.71. The van der Waals surface area contributed by atoms with Gasteiger partial charge in [0, 0.05) is 14.7 Å². The van der Waals surface area contributed by atoms with Crippen LogP contribution in [0.2, 0.25) is 0 Å². The third-order valence-electron chi connectivity index (χ3n) is 1.69. The van der Waals surface area contributed by atoms with Crippen LogP contribution in [0.3, 0.4) is 0 Å². The first-order valence-corrected chi connectivity index (χ1v) is 5.85. The van der Waals surface area contributed by atoms with Crippen molar-refractivity contribution >= 4 is 27.3 Å². The highest BCUT2D eigenvalue weighted by Crippen LogP contribution is 2.20. The van der Waals surface area contributed by atoms with E-state index in [2.05, 4.69) is 22.0 Å². The molecule has 2 aromatic rings. The summed E-state index contributed by atoms with van der Waals surface area (Å²) in [6, 6.07) is 5.83. The summed E-state index contributed by atoms with van der Waals surface area (Å²) in [5.41, 5.74) is 0. The number of thiophene rings is 1. The van der Waals surface area contributed by atoms with Crippen LogP contribution in [0.15, 0.2) is 38.7 Å². The van der Waals surface area contributed by atoms with E-state index in [0.717, 1.165) is 10.2 Å². The number of rotatable bonds is 4. The second kappa shape index (κ2) is 4.77. The fourth-order valence-corrected chi connectivity index (χ4v) is 2.46. The fraction of sp³-hybridized carbons (Fsp3) is 0.200. The average molecular weight is 273 g/mol. The lowest BCUT2D eigenvalue weighted by atomic mass is 10.5. The highest BCUT2D eigenvalue weighted by atomic mass is 79.9. The van der Waals surface area contributed by atoms with E-state index in [4.69, 9.17) is 9.15 Å². The largest absolute Gasteiger partial charge is 0.467 e. The van der Waals surface area contributed by atoms with E-state index >= 15 is 0 Å². The van der Waals surface area contributed by atoms with Crippen molar-refractivity contribution in [3.8, 4) is 0 Å². The molecule has 0 saturated carbocycles. The minimum atomic E-state index is 0.530. The van der Waals surface area contributed by atoms with Crippen LogP contribution >= 0.6 is 27.3 Å². The third kappa shape index (κ3) is 2.70. The first kappa shape index (κ1) is 9.96. The van der Waals surface area contributed by atoms with E-state index in [1.807, 2.05) is 17.5 Å². The summed E-state index contributed by atoms with van der Waals surface area (Å²) in [5.74, 6) is 0.862. The maximum Gasteiger partial charge on any atom is 0.129 e. The predicted molar refractivity (Wildman–Crippen MR) is 59.2 cm³/mol. The molecule has 0 aliphatic rings. The smallest absolute Gasteiger partial charge is 0.129 e. The van der Waals surface area contributed by atoms with Gasteiger partial charge in [-0.05, 0) is 34.1 Å². The number of halogens is 1. The van der Waals surface area contributed by atoms with E-state index in [1.165, 1.54) is 4.88 Å². The normalized spacial score (nSPS) is 10.6. The van der Waals surface area contributed by atoms with Gasteiger partial charge in [0.1, 0.15) is 12.4 Å². The van der Waals surface area contributed by atoms with Crippen molar-refractivity contribution in [1.29, 1.82) is 0 Å². The van der Waals surface area contributed by atoms with Crippen molar-refractivity contribution in [3.63, 3.8) is 0 Å². The Morgan fingerprint density at radius 3 is 3.00 bits per heavy atom. The van der Waals surface area contributed by atoms with Gasteiger partial charge in [-0.15, -0.1) is 11.3 Å². The SMILES string of the molecule is Brc1csc(COCc2ccco2)c1. The molecule has 0 fully saturated rings. The van der Waals surface area contributed by atoms with Crippen molar-refractivity contribution in [3.05, 3.63) is 45.0 Å². The zero-order valence-electron chi connectivity index (χ0n) is 7.40. The minimum absolute atomic E-state index is 0.530. The quantitative estimate of drug-likeness (QED) is 0.844. The van der Waals surface area contributed by atoms with Crippen molar-refractivity contribution in [2.24, 2.45) is 0 Å². The molecule has 2 aromatic heterocycles. The van der Waals surface area contributed by atoms with E-state index < -0.39 is 0 Å². The van der Waals surface area contributed by atoms with Crippen LogP contribution in [0.1, 0.15) is 10.6 Å². The first-order valence-electron chi connectivity index (χ1n) is 4.17. The molecule has 0 bridgehead atoms. The van der Waals surface area contributed by atoms with Gasteiger partial charge in [-0.2, -0.15) is 0 Å². The molecule has 0 aliphatic heterocycles. The van der Waals surface area contributed by atoms with Crippen LogP contribution in [0.4, 0.5) is 0 Å². The highest BCUT2D eigenvalue weighted by molar-refractivity contribution is 9.10. The third-order valence-corrected chi connectivity index (χ3v) is 3.36. The Bertz CT molecular complexity index is 380. The predicted octanol–water partition coefficient (Wildman–Crippen LogP) is 3.82. The zero-order valence-corrected chi connectivity index (χ0v) is 9.81. The summed E-state index contributed by atoms with van der Waals surface area (Å²) in [7, 11) is 0.